The third-order valence-electron chi connectivity index (χ3n) is 5.11. The van der Waals surface area contributed by atoms with Crippen molar-refractivity contribution in [3.05, 3.63) is 36.3 Å². The van der Waals surface area contributed by atoms with Crippen molar-refractivity contribution in [2.75, 3.05) is 13.2 Å². The number of rotatable bonds is 6. The summed E-state index contributed by atoms with van der Waals surface area (Å²) in [6, 6.07) is 5.96. The van der Waals surface area contributed by atoms with E-state index in [-0.39, 0.29) is 11.5 Å². The van der Waals surface area contributed by atoms with Crippen LogP contribution in [0.3, 0.4) is 0 Å². The molecule has 1 saturated carbocycles. The molecule has 120 valence electrons. The molecule has 0 aliphatic heterocycles. The maximum Gasteiger partial charge on any atom is 0.136 e. The number of fused-ring (bicyclic) bond motifs is 1. The molecule has 0 radical (unpaired) electrons. The molecule has 0 aromatic carbocycles. The Hall–Kier alpha value is -1.43. The standard InChI is InChI=1S/C17H25N3O2/c1-4-22-14-9-17(21,16(14,2)3)12-18-10-13-11-19-15-7-5-6-8-20(13)15/h5-8,11,14,18,21H,4,9-10,12H2,1-3H3/t14-,17-/m1/s1. The van der Waals surface area contributed by atoms with Crippen LogP contribution in [-0.2, 0) is 11.3 Å². The van der Waals surface area contributed by atoms with Crippen LogP contribution in [-0.4, -0.2) is 39.3 Å². The van der Waals surface area contributed by atoms with E-state index in [9.17, 15) is 5.11 Å². The molecule has 2 atom stereocenters. The molecule has 0 bridgehead atoms. The first-order valence-corrected chi connectivity index (χ1v) is 7.93. The van der Waals surface area contributed by atoms with Gasteiger partial charge in [-0.2, -0.15) is 0 Å². The molecule has 1 aliphatic carbocycles. The Morgan fingerprint density at radius 1 is 1.45 bits per heavy atom. The number of hydrogen-bond acceptors (Lipinski definition) is 4. The van der Waals surface area contributed by atoms with Gasteiger partial charge >= 0.3 is 0 Å². The van der Waals surface area contributed by atoms with Crippen molar-refractivity contribution >= 4 is 5.65 Å². The minimum Gasteiger partial charge on any atom is -0.388 e. The molecule has 2 heterocycles. The Labute approximate surface area is 131 Å². The maximum atomic E-state index is 10.8. The van der Waals surface area contributed by atoms with E-state index in [4.69, 9.17) is 4.74 Å². The zero-order chi connectivity index (χ0) is 15.8. The van der Waals surface area contributed by atoms with Crippen LogP contribution in [0.1, 0.15) is 32.9 Å². The van der Waals surface area contributed by atoms with Gasteiger partial charge in [0.1, 0.15) is 5.65 Å². The fourth-order valence-corrected chi connectivity index (χ4v) is 3.28. The van der Waals surface area contributed by atoms with E-state index < -0.39 is 5.60 Å². The van der Waals surface area contributed by atoms with Crippen molar-refractivity contribution < 1.29 is 9.84 Å². The van der Waals surface area contributed by atoms with Crippen molar-refractivity contribution in [2.24, 2.45) is 5.41 Å². The second-order valence-corrected chi connectivity index (χ2v) is 6.68. The topological polar surface area (TPSA) is 58.8 Å². The van der Waals surface area contributed by atoms with E-state index in [0.29, 0.717) is 26.1 Å². The van der Waals surface area contributed by atoms with Crippen molar-refractivity contribution in [1.82, 2.24) is 14.7 Å². The van der Waals surface area contributed by atoms with Gasteiger partial charge in [0.05, 0.1) is 23.6 Å². The lowest BCUT2D eigenvalue weighted by atomic mass is 9.56. The van der Waals surface area contributed by atoms with Crippen LogP contribution in [0.4, 0.5) is 0 Å². The molecule has 0 unspecified atom stereocenters. The smallest absolute Gasteiger partial charge is 0.136 e. The van der Waals surface area contributed by atoms with E-state index in [2.05, 4.69) is 28.5 Å². The number of nitrogens with zero attached hydrogens (tertiary/aromatic N) is 2. The number of hydrogen-bond donors (Lipinski definition) is 2. The minimum absolute atomic E-state index is 0.139. The largest absolute Gasteiger partial charge is 0.388 e. The molecule has 1 aliphatic rings. The molecule has 0 saturated heterocycles. The average molecular weight is 303 g/mol. The predicted molar refractivity (Wildman–Crippen MR) is 85.7 cm³/mol. The Morgan fingerprint density at radius 3 is 3.00 bits per heavy atom. The van der Waals surface area contributed by atoms with Crippen LogP contribution < -0.4 is 5.32 Å². The molecule has 2 aromatic heterocycles. The first-order valence-electron chi connectivity index (χ1n) is 7.93. The van der Waals surface area contributed by atoms with E-state index in [0.717, 1.165) is 11.3 Å². The van der Waals surface area contributed by atoms with E-state index in [1.165, 1.54) is 0 Å². The Bertz CT molecular complexity index is 652. The van der Waals surface area contributed by atoms with Gasteiger partial charge in [0.15, 0.2) is 0 Å². The van der Waals surface area contributed by atoms with Gasteiger partial charge in [-0.1, -0.05) is 19.9 Å². The summed E-state index contributed by atoms with van der Waals surface area (Å²) in [6.45, 7) is 8.09. The molecular weight excluding hydrogens is 278 g/mol. The van der Waals surface area contributed by atoms with Crippen LogP contribution in [0.15, 0.2) is 30.6 Å². The van der Waals surface area contributed by atoms with Crippen molar-refractivity contribution in [3.8, 4) is 0 Å². The van der Waals surface area contributed by atoms with Gasteiger partial charge in [0, 0.05) is 37.7 Å². The molecule has 5 heteroatoms. The van der Waals surface area contributed by atoms with Crippen LogP contribution in [0.5, 0.6) is 0 Å². The highest BCUT2D eigenvalue weighted by Crippen LogP contribution is 2.50. The SMILES string of the molecule is CCO[C@@H]1C[C@@](O)(CNCc2cnc3ccccn23)C1(C)C. The summed E-state index contributed by atoms with van der Waals surface area (Å²) < 4.78 is 7.76. The summed E-state index contributed by atoms with van der Waals surface area (Å²) in [7, 11) is 0. The van der Waals surface area contributed by atoms with Crippen LogP contribution >= 0.6 is 0 Å². The van der Waals surface area contributed by atoms with Gasteiger partial charge < -0.3 is 19.6 Å². The first kappa shape index (κ1) is 15.5. The van der Waals surface area contributed by atoms with Gasteiger partial charge in [-0.05, 0) is 19.1 Å². The molecular formula is C17H25N3O2. The molecule has 2 aromatic rings. The van der Waals surface area contributed by atoms with Gasteiger partial charge in [0.25, 0.3) is 0 Å². The number of pyridine rings is 1. The van der Waals surface area contributed by atoms with Crippen molar-refractivity contribution in [3.63, 3.8) is 0 Å². The number of aromatic nitrogens is 2. The van der Waals surface area contributed by atoms with Crippen LogP contribution in [0, 0.1) is 5.41 Å². The normalized spacial score (nSPS) is 27.0. The van der Waals surface area contributed by atoms with E-state index in [1.807, 2.05) is 37.5 Å². The average Bonchev–Trinajstić information content (AvgIpc) is 2.91. The zero-order valence-corrected chi connectivity index (χ0v) is 13.5. The van der Waals surface area contributed by atoms with Crippen LogP contribution in [0.25, 0.3) is 5.65 Å². The highest BCUT2D eigenvalue weighted by Gasteiger charge is 2.59. The van der Waals surface area contributed by atoms with E-state index in [1.54, 1.807) is 0 Å². The van der Waals surface area contributed by atoms with Gasteiger partial charge in [-0.25, -0.2) is 4.98 Å². The summed E-state index contributed by atoms with van der Waals surface area (Å²) in [6.07, 6.45) is 4.71. The zero-order valence-electron chi connectivity index (χ0n) is 13.5. The lowest BCUT2D eigenvalue weighted by Gasteiger charge is -2.58. The highest BCUT2D eigenvalue weighted by molar-refractivity contribution is 5.39. The molecule has 0 amide bonds. The second kappa shape index (κ2) is 5.65. The lowest BCUT2D eigenvalue weighted by molar-refractivity contribution is -0.238. The van der Waals surface area contributed by atoms with Gasteiger partial charge in [-0.15, -0.1) is 0 Å². The first-order chi connectivity index (χ1) is 10.5. The molecule has 0 spiro atoms. The molecule has 2 N–H and O–H groups in total. The summed E-state index contributed by atoms with van der Waals surface area (Å²) in [5, 5.41) is 14.2. The number of nitrogens with one attached hydrogen (secondary N) is 1. The number of ether oxygens (including phenoxy) is 1. The minimum atomic E-state index is -0.715. The molecule has 3 rings (SSSR count). The fraction of sp³-hybridized carbons (Fsp3) is 0.588. The summed E-state index contributed by atoms with van der Waals surface area (Å²) >= 11 is 0. The summed E-state index contributed by atoms with van der Waals surface area (Å²) in [4.78, 5) is 4.37. The fourth-order valence-electron chi connectivity index (χ4n) is 3.28. The second-order valence-electron chi connectivity index (χ2n) is 6.68. The van der Waals surface area contributed by atoms with Gasteiger partial charge in [-0.3, -0.25) is 0 Å². The van der Waals surface area contributed by atoms with E-state index >= 15 is 0 Å². The van der Waals surface area contributed by atoms with Crippen LogP contribution in [0.2, 0.25) is 0 Å². The van der Waals surface area contributed by atoms with Crippen molar-refractivity contribution in [1.29, 1.82) is 0 Å². The summed E-state index contributed by atoms with van der Waals surface area (Å²) in [5.74, 6) is 0. The lowest BCUT2D eigenvalue weighted by Crippen LogP contribution is -2.68. The quantitative estimate of drug-likeness (QED) is 0.857. The number of aliphatic hydroxyl groups is 1. The highest BCUT2D eigenvalue weighted by atomic mass is 16.5. The molecule has 5 nitrogen and oxygen atoms in total. The molecule has 22 heavy (non-hydrogen) atoms. The summed E-state index contributed by atoms with van der Waals surface area (Å²) in [5.41, 5.74) is 1.10. The Balaban J connectivity index is 1.59. The third-order valence-corrected chi connectivity index (χ3v) is 5.11. The Kier molecular flexibility index (Phi) is 3.97. The monoisotopic (exact) mass is 303 g/mol. The predicted octanol–water partition coefficient (Wildman–Crippen LogP) is 1.99. The number of imidazole rings is 1. The third kappa shape index (κ3) is 2.43. The van der Waals surface area contributed by atoms with Gasteiger partial charge in [0.2, 0.25) is 0 Å². The molecule has 1 fully saturated rings. The van der Waals surface area contributed by atoms with Crippen molar-refractivity contribution in [2.45, 2.75) is 45.4 Å². The maximum absolute atomic E-state index is 10.8. The Morgan fingerprint density at radius 2 is 2.27 bits per heavy atom.